The van der Waals surface area contributed by atoms with Gasteiger partial charge in [-0.3, -0.25) is 4.79 Å². The first kappa shape index (κ1) is 16.8. The Balaban J connectivity index is 2.05. The molecule has 7 heteroatoms. The van der Waals surface area contributed by atoms with Crippen molar-refractivity contribution in [2.24, 2.45) is 0 Å². The summed E-state index contributed by atoms with van der Waals surface area (Å²) in [5.41, 5.74) is 7.60. The molecule has 0 bridgehead atoms. The SMILES string of the molecule is CC[C@@H](C)c1ccccc1NC(=O)[C@@H](C)Sc1nnc(N)s1. The van der Waals surface area contributed by atoms with Gasteiger partial charge in [-0.1, -0.05) is 55.1 Å². The van der Waals surface area contributed by atoms with Gasteiger partial charge in [-0.2, -0.15) is 0 Å². The van der Waals surface area contributed by atoms with Crippen LogP contribution in [0.2, 0.25) is 0 Å². The highest BCUT2D eigenvalue weighted by Gasteiger charge is 2.18. The number of nitrogens with zero attached hydrogens (tertiary/aromatic N) is 2. The van der Waals surface area contributed by atoms with Crippen LogP contribution in [-0.4, -0.2) is 21.4 Å². The third-order valence-corrected chi connectivity index (χ3v) is 5.37. The van der Waals surface area contributed by atoms with Crippen molar-refractivity contribution in [2.75, 3.05) is 11.1 Å². The van der Waals surface area contributed by atoms with E-state index >= 15 is 0 Å². The van der Waals surface area contributed by atoms with E-state index in [2.05, 4.69) is 35.4 Å². The van der Waals surface area contributed by atoms with Crippen LogP contribution in [0.3, 0.4) is 0 Å². The molecule has 0 saturated carbocycles. The van der Waals surface area contributed by atoms with Crippen LogP contribution in [0, 0.1) is 0 Å². The Kier molecular flexibility index (Phi) is 5.79. The third kappa shape index (κ3) is 4.20. The van der Waals surface area contributed by atoms with Gasteiger partial charge in [-0.05, 0) is 30.9 Å². The first-order valence-corrected chi connectivity index (χ1v) is 8.86. The predicted octanol–water partition coefficient (Wildman–Crippen LogP) is 3.75. The fraction of sp³-hybridized carbons (Fsp3) is 0.400. The minimum atomic E-state index is -0.266. The van der Waals surface area contributed by atoms with E-state index in [4.69, 9.17) is 5.73 Å². The van der Waals surface area contributed by atoms with E-state index in [1.807, 2.05) is 25.1 Å². The Morgan fingerprint density at radius 1 is 1.36 bits per heavy atom. The molecule has 0 radical (unpaired) electrons. The fourth-order valence-corrected chi connectivity index (χ4v) is 3.75. The molecule has 0 fully saturated rings. The molecular weight excluding hydrogens is 316 g/mol. The van der Waals surface area contributed by atoms with Gasteiger partial charge in [-0.25, -0.2) is 0 Å². The van der Waals surface area contributed by atoms with Crippen LogP contribution in [0.25, 0.3) is 0 Å². The van der Waals surface area contributed by atoms with E-state index in [1.54, 1.807) is 0 Å². The van der Waals surface area contributed by atoms with Gasteiger partial charge in [0.15, 0.2) is 4.34 Å². The van der Waals surface area contributed by atoms with Crippen LogP contribution in [0.5, 0.6) is 0 Å². The number of hydrogen-bond donors (Lipinski definition) is 2. The summed E-state index contributed by atoms with van der Waals surface area (Å²) in [4.78, 5) is 12.4. The van der Waals surface area contributed by atoms with Crippen molar-refractivity contribution in [1.82, 2.24) is 10.2 Å². The van der Waals surface area contributed by atoms with E-state index in [1.165, 1.54) is 23.1 Å². The maximum Gasteiger partial charge on any atom is 0.237 e. The summed E-state index contributed by atoms with van der Waals surface area (Å²) in [7, 11) is 0. The van der Waals surface area contributed by atoms with Crippen LogP contribution >= 0.6 is 23.1 Å². The number of nitrogens with two attached hydrogens (primary N) is 1. The number of thioether (sulfide) groups is 1. The van der Waals surface area contributed by atoms with Gasteiger partial charge in [0.25, 0.3) is 0 Å². The van der Waals surface area contributed by atoms with Crippen molar-refractivity contribution in [3.63, 3.8) is 0 Å². The smallest absolute Gasteiger partial charge is 0.237 e. The van der Waals surface area contributed by atoms with Crippen molar-refractivity contribution in [3.8, 4) is 0 Å². The Bertz CT molecular complexity index is 644. The molecule has 0 aliphatic heterocycles. The molecule has 1 amide bonds. The van der Waals surface area contributed by atoms with Gasteiger partial charge in [0, 0.05) is 5.69 Å². The lowest BCUT2D eigenvalue weighted by atomic mass is 9.97. The number of nitrogens with one attached hydrogen (secondary N) is 1. The van der Waals surface area contributed by atoms with E-state index < -0.39 is 0 Å². The molecule has 0 unspecified atom stereocenters. The standard InChI is InChI=1S/C15H20N4OS2/c1-4-9(2)11-7-5-6-8-12(11)17-13(20)10(3)21-15-19-18-14(16)22-15/h5-10H,4H2,1-3H3,(H2,16,18)(H,17,20)/t9-,10-/m1/s1. The lowest BCUT2D eigenvalue weighted by Crippen LogP contribution is -2.23. The molecular formula is C15H20N4OS2. The second kappa shape index (κ2) is 7.60. The molecule has 3 N–H and O–H groups in total. The largest absolute Gasteiger partial charge is 0.374 e. The van der Waals surface area contributed by atoms with Gasteiger partial charge in [0.2, 0.25) is 11.0 Å². The van der Waals surface area contributed by atoms with E-state index in [-0.39, 0.29) is 11.2 Å². The van der Waals surface area contributed by atoms with E-state index in [0.29, 0.717) is 15.4 Å². The van der Waals surface area contributed by atoms with Crippen LogP contribution in [0.4, 0.5) is 10.8 Å². The van der Waals surface area contributed by atoms with Crippen molar-refractivity contribution in [3.05, 3.63) is 29.8 Å². The average molecular weight is 336 g/mol. The number of carbonyl (C=O) groups is 1. The zero-order valence-corrected chi connectivity index (χ0v) is 14.5. The van der Waals surface area contributed by atoms with Crippen LogP contribution in [-0.2, 0) is 4.79 Å². The summed E-state index contributed by atoms with van der Waals surface area (Å²) in [5.74, 6) is 0.358. The maximum absolute atomic E-state index is 12.4. The average Bonchev–Trinajstić information content (AvgIpc) is 2.92. The fourth-order valence-electron chi connectivity index (χ4n) is 1.97. The van der Waals surface area contributed by atoms with Gasteiger partial charge >= 0.3 is 0 Å². The van der Waals surface area contributed by atoms with Crippen molar-refractivity contribution >= 4 is 39.8 Å². The summed E-state index contributed by atoms with van der Waals surface area (Å²) < 4.78 is 0.704. The Morgan fingerprint density at radius 2 is 2.09 bits per heavy atom. The molecule has 0 spiro atoms. The number of benzene rings is 1. The number of nitrogen functional groups attached to an aromatic ring is 1. The quantitative estimate of drug-likeness (QED) is 0.785. The number of anilines is 2. The van der Waals surface area contributed by atoms with Crippen LogP contribution in [0.1, 0.15) is 38.7 Å². The zero-order valence-electron chi connectivity index (χ0n) is 12.9. The van der Waals surface area contributed by atoms with Crippen LogP contribution in [0.15, 0.2) is 28.6 Å². The Labute approximate surface area is 138 Å². The molecule has 0 aliphatic rings. The molecule has 1 aromatic carbocycles. The first-order chi connectivity index (χ1) is 10.5. The molecule has 1 aromatic heterocycles. The van der Waals surface area contributed by atoms with Gasteiger partial charge in [0.05, 0.1) is 5.25 Å². The molecule has 22 heavy (non-hydrogen) atoms. The number of hydrogen-bond acceptors (Lipinski definition) is 6. The van der Waals surface area contributed by atoms with Crippen molar-refractivity contribution < 1.29 is 4.79 Å². The third-order valence-electron chi connectivity index (χ3n) is 3.43. The monoisotopic (exact) mass is 336 g/mol. The summed E-state index contributed by atoms with van der Waals surface area (Å²) in [6, 6.07) is 7.94. The van der Waals surface area contributed by atoms with Gasteiger partial charge in [0.1, 0.15) is 0 Å². The van der Waals surface area contributed by atoms with Gasteiger partial charge in [-0.15, -0.1) is 10.2 Å². The maximum atomic E-state index is 12.4. The lowest BCUT2D eigenvalue weighted by molar-refractivity contribution is -0.115. The van der Waals surface area contributed by atoms with Crippen LogP contribution < -0.4 is 11.1 Å². The summed E-state index contributed by atoms with van der Waals surface area (Å²) in [6.45, 7) is 6.15. The predicted molar refractivity (Wildman–Crippen MR) is 93.4 cm³/mol. The minimum absolute atomic E-state index is 0.0467. The summed E-state index contributed by atoms with van der Waals surface area (Å²) in [6.07, 6.45) is 1.03. The zero-order chi connectivity index (χ0) is 16.1. The second-order valence-electron chi connectivity index (χ2n) is 5.05. The topological polar surface area (TPSA) is 80.9 Å². The number of rotatable bonds is 6. The van der Waals surface area contributed by atoms with Gasteiger partial charge < -0.3 is 11.1 Å². The normalized spacial score (nSPS) is 13.6. The molecule has 0 aliphatic carbocycles. The molecule has 2 rings (SSSR count). The van der Waals surface area contributed by atoms with E-state index in [9.17, 15) is 4.79 Å². The summed E-state index contributed by atoms with van der Waals surface area (Å²) in [5, 5.41) is 10.9. The Morgan fingerprint density at radius 3 is 2.73 bits per heavy atom. The van der Waals surface area contributed by atoms with Crippen molar-refractivity contribution in [2.45, 2.75) is 42.7 Å². The lowest BCUT2D eigenvalue weighted by Gasteiger charge is -2.17. The molecule has 5 nitrogen and oxygen atoms in total. The number of para-hydroxylation sites is 1. The molecule has 118 valence electrons. The number of aromatic nitrogens is 2. The highest BCUT2D eigenvalue weighted by Crippen LogP contribution is 2.30. The number of amides is 1. The summed E-state index contributed by atoms with van der Waals surface area (Å²) >= 11 is 2.65. The van der Waals surface area contributed by atoms with E-state index in [0.717, 1.165) is 17.7 Å². The molecule has 1 heterocycles. The molecule has 0 saturated heterocycles. The minimum Gasteiger partial charge on any atom is -0.374 e. The second-order valence-corrected chi connectivity index (χ2v) is 7.65. The highest BCUT2D eigenvalue weighted by molar-refractivity contribution is 8.02. The highest BCUT2D eigenvalue weighted by atomic mass is 32.2. The molecule has 2 atom stereocenters. The van der Waals surface area contributed by atoms with Crippen molar-refractivity contribution in [1.29, 1.82) is 0 Å². The first-order valence-electron chi connectivity index (χ1n) is 7.16. The Hall–Kier alpha value is -1.60. The molecule has 2 aromatic rings. The number of carbonyl (C=O) groups excluding carboxylic acids is 1.